The largest absolute Gasteiger partial charge is 0.326 e. The Balaban J connectivity index is 2.44. The molecule has 0 saturated carbocycles. The van der Waals surface area contributed by atoms with E-state index in [0.29, 0.717) is 12.8 Å². The van der Waals surface area contributed by atoms with Gasteiger partial charge >= 0.3 is 0 Å². The molecule has 15 heavy (non-hydrogen) atoms. The maximum Gasteiger partial charge on any atom is 0.264 e. The predicted molar refractivity (Wildman–Crippen MR) is 54.4 cm³/mol. The molecule has 1 amide bonds. The lowest BCUT2D eigenvalue weighted by molar-refractivity contribution is -0.128. The maximum atomic E-state index is 11.3. The average Bonchev–Trinajstić information content (AvgIpc) is 2.46. The highest BCUT2D eigenvalue weighted by Gasteiger charge is 2.29. The van der Waals surface area contributed by atoms with E-state index in [1.807, 2.05) is 0 Å². The molecule has 0 aromatic heterocycles. The molecule has 1 fully saturated rings. The number of likely N-dealkylation sites (tertiary alicyclic amines) is 1. The fraction of sp³-hybridized carbons (Fsp3) is 0.667. The number of rotatable bonds is 4. The van der Waals surface area contributed by atoms with E-state index in [0.717, 1.165) is 6.26 Å². The van der Waals surface area contributed by atoms with Crippen molar-refractivity contribution in [3.8, 4) is 12.3 Å². The van der Waals surface area contributed by atoms with Gasteiger partial charge in [-0.1, -0.05) is 5.92 Å². The molecule has 1 aliphatic rings. The van der Waals surface area contributed by atoms with E-state index in [9.17, 15) is 13.2 Å². The topological polar surface area (TPSA) is 63.7 Å². The SMILES string of the molecule is C#C[C@@H]1CCC(=O)N1CCOS(C)(=O)=O. The van der Waals surface area contributed by atoms with Gasteiger partial charge in [-0.15, -0.1) is 6.42 Å². The summed E-state index contributed by atoms with van der Waals surface area (Å²) in [6.07, 6.45) is 7.27. The fourth-order valence-corrected chi connectivity index (χ4v) is 1.85. The maximum absolute atomic E-state index is 11.3. The Morgan fingerprint density at radius 2 is 2.33 bits per heavy atom. The number of hydrogen-bond acceptors (Lipinski definition) is 4. The molecule has 0 aromatic carbocycles. The van der Waals surface area contributed by atoms with Crippen LogP contribution in [0.15, 0.2) is 0 Å². The molecule has 0 aliphatic carbocycles. The molecule has 0 aromatic rings. The van der Waals surface area contributed by atoms with E-state index < -0.39 is 10.1 Å². The summed E-state index contributed by atoms with van der Waals surface area (Å²) in [6, 6.07) is -0.222. The van der Waals surface area contributed by atoms with Crippen molar-refractivity contribution in [1.29, 1.82) is 0 Å². The zero-order valence-corrected chi connectivity index (χ0v) is 9.29. The Morgan fingerprint density at radius 3 is 2.87 bits per heavy atom. The molecule has 6 heteroatoms. The highest BCUT2D eigenvalue weighted by atomic mass is 32.2. The molecule has 84 valence electrons. The quantitative estimate of drug-likeness (QED) is 0.487. The molecule has 1 aliphatic heterocycles. The zero-order chi connectivity index (χ0) is 11.5. The molecule has 0 radical (unpaired) electrons. The lowest BCUT2D eigenvalue weighted by Crippen LogP contribution is -2.35. The van der Waals surface area contributed by atoms with Crippen molar-refractivity contribution < 1.29 is 17.4 Å². The second-order valence-corrected chi connectivity index (χ2v) is 4.98. The average molecular weight is 231 g/mol. The van der Waals surface area contributed by atoms with E-state index >= 15 is 0 Å². The molecule has 1 rings (SSSR count). The highest BCUT2D eigenvalue weighted by molar-refractivity contribution is 7.85. The first kappa shape index (κ1) is 12.0. The number of terminal acetylenes is 1. The lowest BCUT2D eigenvalue weighted by atomic mass is 10.2. The molecule has 0 N–H and O–H groups in total. The van der Waals surface area contributed by atoms with Gasteiger partial charge in [0.1, 0.15) is 0 Å². The summed E-state index contributed by atoms with van der Waals surface area (Å²) in [5.74, 6) is 2.45. The molecule has 5 nitrogen and oxygen atoms in total. The van der Waals surface area contributed by atoms with Crippen molar-refractivity contribution in [2.45, 2.75) is 18.9 Å². The minimum Gasteiger partial charge on any atom is -0.326 e. The third-order valence-electron chi connectivity index (χ3n) is 2.15. The van der Waals surface area contributed by atoms with Crippen LogP contribution in [0, 0.1) is 12.3 Å². The van der Waals surface area contributed by atoms with Crippen LogP contribution in [0.4, 0.5) is 0 Å². The molecule has 1 heterocycles. The first-order chi connectivity index (χ1) is 6.94. The van der Waals surface area contributed by atoms with Gasteiger partial charge in [0.05, 0.1) is 18.9 Å². The molecule has 0 spiro atoms. The minimum absolute atomic E-state index is 0.0389. The molecular weight excluding hydrogens is 218 g/mol. The first-order valence-electron chi connectivity index (χ1n) is 4.54. The third-order valence-corrected chi connectivity index (χ3v) is 2.75. The third kappa shape index (κ3) is 3.53. The zero-order valence-electron chi connectivity index (χ0n) is 8.47. The molecule has 1 saturated heterocycles. The number of carbonyl (C=O) groups excluding carboxylic acids is 1. The van der Waals surface area contributed by atoms with Crippen molar-refractivity contribution in [2.75, 3.05) is 19.4 Å². The van der Waals surface area contributed by atoms with Crippen LogP contribution in [-0.4, -0.2) is 44.7 Å². The van der Waals surface area contributed by atoms with Gasteiger partial charge in [0.15, 0.2) is 0 Å². The van der Waals surface area contributed by atoms with E-state index in [4.69, 9.17) is 6.42 Å². The molecule has 0 unspecified atom stereocenters. The Morgan fingerprint density at radius 1 is 1.67 bits per heavy atom. The number of carbonyl (C=O) groups is 1. The Hall–Kier alpha value is -1.06. The summed E-state index contributed by atoms with van der Waals surface area (Å²) in [6.45, 7) is 0.184. The van der Waals surface area contributed by atoms with Gasteiger partial charge < -0.3 is 4.90 Å². The van der Waals surface area contributed by atoms with Gasteiger partial charge in [-0.2, -0.15) is 8.42 Å². The van der Waals surface area contributed by atoms with Crippen LogP contribution in [0.5, 0.6) is 0 Å². The molecule has 1 atom stereocenters. The van der Waals surface area contributed by atoms with Crippen LogP contribution in [0.1, 0.15) is 12.8 Å². The Bertz CT molecular complexity index is 381. The van der Waals surface area contributed by atoms with E-state index in [1.165, 1.54) is 4.90 Å². The Labute approximate surface area is 89.5 Å². The van der Waals surface area contributed by atoms with Crippen molar-refractivity contribution in [3.05, 3.63) is 0 Å². The number of hydrogen-bond donors (Lipinski definition) is 0. The lowest BCUT2D eigenvalue weighted by Gasteiger charge is -2.19. The number of nitrogens with zero attached hydrogens (tertiary/aromatic N) is 1. The van der Waals surface area contributed by atoms with Crippen LogP contribution < -0.4 is 0 Å². The standard InChI is InChI=1S/C9H13NO4S/c1-3-8-4-5-9(11)10(8)6-7-14-15(2,12)13/h1,8H,4-7H2,2H3/t8-/m1/s1. The summed E-state index contributed by atoms with van der Waals surface area (Å²) in [5, 5.41) is 0. The van der Waals surface area contributed by atoms with Crippen molar-refractivity contribution in [1.82, 2.24) is 4.90 Å². The van der Waals surface area contributed by atoms with E-state index in [-0.39, 0.29) is 25.1 Å². The van der Waals surface area contributed by atoms with Crippen molar-refractivity contribution in [2.24, 2.45) is 0 Å². The van der Waals surface area contributed by atoms with Gasteiger partial charge in [0.2, 0.25) is 5.91 Å². The fourth-order valence-electron chi connectivity index (χ4n) is 1.47. The summed E-state index contributed by atoms with van der Waals surface area (Å²) in [7, 11) is -3.45. The summed E-state index contributed by atoms with van der Waals surface area (Å²) in [5.41, 5.74) is 0. The van der Waals surface area contributed by atoms with Crippen LogP contribution in [0.2, 0.25) is 0 Å². The van der Waals surface area contributed by atoms with E-state index in [2.05, 4.69) is 10.1 Å². The normalized spacial score (nSPS) is 21.7. The van der Waals surface area contributed by atoms with Gasteiger partial charge in [0, 0.05) is 13.0 Å². The van der Waals surface area contributed by atoms with Crippen LogP contribution >= 0.6 is 0 Å². The van der Waals surface area contributed by atoms with Crippen molar-refractivity contribution in [3.63, 3.8) is 0 Å². The van der Waals surface area contributed by atoms with E-state index in [1.54, 1.807) is 0 Å². The van der Waals surface area contributed by atoms with Crippen LogP contribution in [0.3, 0.4) is 0 Å². The highest BCUT2D eigenvalue weighted by Crippen LogP contribution is 2.17. The minimum atomic E-state index is -3.45. The monoisotopic (exact) mass is 231 g/mol. The van der Waals surface area contributed by atoms with Gasteiger partial charge in [-0.25, -0.2) is 0 Å². The Kier molecular flexibility index (Phi) is 3.72. The number of amides is 1. The van der Waals surface area contributed by atoms with Crippen LogP contribution in [0.25, 0.3) is 0 Å². The molecular formula is C9H13NO4S. The summed E-state index contributed by atoms with van der Waals surface area (Å²) < 4.78 is 25.9. The van der Waals surface area contributed by atoms with Crippen LogP contribution in [-0.2, 0) is 19.1 Å². The second kappa shape index (κ2) is 4.64. The molecule has 0 bridgehead atoms. The predicted octanol–water partition coefficient (Wildman–Crippen LogP) is -0.413. The smallest absolute Gasteiger partial charge is 0.264 e. The van der Waals surface area contributed by atoms with Gasteiger partial charge in [0.25, 0.3) is 10.1 Å². The summed E-state index contributed by atoms with van der Waals surface area (Å²) >= 11 is 0. The van der Waals surface area contributed by atoms with Gasteiger partial charge in [-0.05, 0) is 6.42 Å². The van der Waals surface area contributed by atoms with Gasteiger partial charge in [-0.3, -0.25) is 8.98 Å². The first-order valence-corrected chi connectivity index (χ1v) is 6.35. The second-order valence-electron chi connectivity index (χ2n) is 3.33. The van der Waals surface area contributed by atoms with Crippen molar-refractivity contribution >= 4 is 16.0 Å². The summed E-state index contributed by atoms with van der Waals surface area (Å²) in [4.78, 5) is 12.8.